The first-order valence-corrected chi connectivity index (χ1v) is 6.12. The number of carbonyl (C=O) groups excluding carboxylic acids is 1. The third-order valence-corrected chi connectivity index (χ3v) is 3.59. The molecular weight excluding hydrogens is 270 g/mol. The van der Waals surface area contributed by atoms with E-state index >= 15 is 0 Å². The molecule has 0 aromatic carbocycles. The van der Waals surface area contributed by atoms with Gasteiger partial charge in [0.05, 0.1) is 11.2 Å². The Morgan fingerprint density at radius 3 is 2.81 bits per heavy atom. The van der Waals surface area contributed by atoms with E-state index in [0.29, 0.717) is 10.3 Å². The van der Waals surface area contributed by atoms with E-state index in [2.05, 4.69) is 26.2 Å². The van der Waals surface area contributed by atoms with Gasteiger partial charge in [-0.3, -0.25) is 4.79 Å². The molecule has 1 fully saturated rings. The highest BCUT2D eigenvalue weighted by atomic mass is 79.9. The zero-order valence-electron chi connectivity index (χ0n) is 8.87. The van der Waals surface area contributed by atoms with Crippen LogP contribution in [-0.4, -0.2) is 16.4 Å². The molecule has 4 nitrogen and oxygen atoms in total. The summed E-state index contributed by atoms with van der Waals surface area (Å²) in [6, 6.07) is 3.57. The first kappa shape index (κ1) is 11.5. The molecular formula is C11H14BrN3O. The van der Waals surface area contributed by atoms with Gasteiger partial charge in [0.25, 0.3) is 0 Å². The molecule has 0 atom stereocenters. The molecule has 0 unspecified atom stereocenters. The molecule has 0 radical (unpaired) electrons. The molecule has 1 amide bonds. The highest BCUT2D eigenvalue weighted by molar-refractivity contribution is 9.10. The number of hydrogen-bond acceptors (Lipinski definition) is 3. The molecule has 1 aromatic rings. The second kappa shape index (κ2) is 4.51. The quantitative estimate of drug-likeness (QED) is 0.817. The van der Waals surface area contributed by atoms with E-state index < -0.39 is 5.54 Å². The first-order chi connectivity index (χ1) is 7.62. The predicted molar refractivity (Wildman–Crippen MR) is 66.0 cm³/mol. The minimum absolute atomic E-state index is 0.112. The average Bonchev–Trinajstić information content (AvgIpc) is 2.70. The van der Waals surface area contributed by atoms with Crippen molar-refractivity contribution in [1.29, 1.82) is 0 Å². The van der Waals surface area contributed by atoms with Gasteiger partial charge in [-0.2, -0.15) is 0 Å². The number of anilines is 1. The number of hydrogen-bond donors (Lipinski definition) is 2. The van der Waals surface area contributed by atoms with Gasteiger partial charge in [-0.25, -0.2) is 4.98 Å². The average molecular weight is 284 g/mol. The molecule has 16 heavy (non-hydrogen) atoms. The molecule has 1 aliphatic rings. The van der Waals surface area contributed by atoms with Crippen molar-refractivity contribution in [2.75, 3.05) is 5.32 Å². The minimum atomic E-state index is -0.699. The summed E-state index contributed by atoms with van der Waals surface area (Å²) in [5.41, 5.74) is 6.02. The molecule has 1 aromatic heterocycles. The van der Waals surface area contributed by atoms with Gasteiger partial charge in [-0.1, -0.05) is 12.8 Å². The second-order valence-electron chi connectivity index (χ2n) is 4.16. The summed E-state index contributed by atoms with van der Waals surface area (Å²) < 4.78 is 0.630. The van der Waals surface area contributed by atoms with Crippen LogP contribution in [-0.2, 0) is 4.79 Å². The highest BCUT2D eigenvalue weighted by Crippen LogP contribution is 2.29. The molecule has 1 aliphatic carbocycles. The van der Waals surface area contributed by atoms with Crippen LogP contribution in [0, 0.1) is 0 Å². The Labute approximate surface area is 103 Å². The van der Waals surface area contributed by atoms with Gasteiger partial charge >= 0.3 is 0 Å². The van der Waals surface area contributed by atoms with Crippen LogP contribution < -0.4 is 11.1 Å². The Morgan fingerprint density at radius 2 is 2.19 bits per heavy atom. The van der Waals surface area contributed by atoms with Crippen molar-refractivity contribution in [3.05, 3.63) is 22.9 Å². The van der Waals surface area contributed by atoms with Crippen molar-refractivity contribution in [1.82, 2.24) is 4.98 Å². The van der Waals surface area contributed by atoms with Crippen molar-refractivity contribution in [3.8, 4) is 0 Å². The summed E-state index contributed by atoms with van der Waals surface area (Å²) >= 11 is 3.28. The number of pyridine rings is 1. The van der Waals surface area contributed by atoms with Crippen LogP contribution >= 0.6 is 15.9 Å². The second-order valence-corrected chi connectivity index (χ2v) is 4.91. The van der Waals surface area contributed by atoms with Crippen LogP contribution in [0.5, 0.6) is 0 Å². The largest absolute Gasteiger partial charge is 0.322 e. The van der Waals surface area contributed by atoms with Crippen molar-refractivity contribution in [2.45, 2.75) is 31.2 Å². The van der Waals surface area contributed by atoms with Gasteiger partial charge in [-0.15, -0.1) is 0 Å². The number of carbonyl (C=O) groups is 1. The normalized spacial score (nSPS) is 18.4. The number of rotatable bonds is 2. The Morgan fingerprint density at radius 1 is 1.50 bits per heavy atom. The van der Waals surface area contributed by atoms with E-state index in [9.17, 15) is 4.79 Å². The first-order valence-electron chi connectivity index (χ1n) is 5.33. The monoisotopic (exact) mass is 283 g/mol. The number of nitrogens with one attached hydrogen (secondary N) is 1. The molecule has 5 heteroatoms. The lowest BCUT2D eigenvalue weighted by molar-refractivity contribution is -0.121. The van der Waals surface area contributed by atoms with E-state index in [1.165, 1.54) is 0 Å². The van der Waals surface area contributed by atoms with Crippen LogP contribution in [0.4, 0.5) is 5.69 Å². The topological polar surface area (TPSA) is 68.0 Å². The molecule has 0 saturated heterocycles. The van der Waals surface area contributed by atoms with Gasteiger partial charge in [0, 0.05) is 6.20 Å². The summed E-state index contributed by atoms with van der Waals surface area (Å²) in [5.74, 6) is -0.112. The minimum Gasteiger partial charge on any atom is -0.322 e. The Balaban J connectivity index is 2.10. The molecule has 1 heterocycles. The number of amides is 1. The molecule has 3 N–H and O–H groups in total. The van der Waals surface area contributed by atoms with Crippen molar-refractivity contribution < 1.29 is 4.79 Å². The number of aromatic nitrogens is 1. The van der Waals surface area contributed by atoms with Gasteiger partial charge in [0.2, 0.25) is 5.91 Å². The maximum Gasteiger partial charge on any atom is 0.244 e. The van der Waals surface area contributed by atoms with Crippen molar-refractivity contribution in [3.63, 3.8) is 0 Å². The standard InChI is InChI=1S/C11H14BrN3O/c12-9-8(4-3-7-14-9)15-10(16)11(13)5-1-2-6-11/h3-4,7H,1-2,5-6,13H2,(H,15,16). The highest BCUT2D eigenvalue weighted by Gasteiger charge is 2.37. The smallest absolute Gasteiger partial charge is 0.244 e. The van der Waals surface area contributed by atoms with Crippen molar-refractivity contribution in [2.24, 2.45) is 5.73 Å². The van der Waals surface area contributed by atoms with Crippen LogP contribution in [0.25, 0.3) is 0 Å². The van der Waals surface area contributed by atoms with Crippen LogP contribution in [0.1, 0.15) is 25.7 Å². The summed E-state index contributed by atoms with van der Waals surface area (Å²) in [5, 5.41) is 2.82. The van der Waals surface area contributed by atoms with Crippen LogP contribution in [0.3, 0.4) is 0 Å². The molecule has 86 valence electrons. The van der Waals surface area contributed by atoms with Gasteiger partial charge < -0.3 is 11.1 Å². The van der Waals surface area contributed by atoms with Gasteiger partial charge in [-0.05, 0) is 40.9 Å². The number of nitrogens with zero attached hydrogens (tertiary/aromatic N) is 1. The summed E-state index contributed by atoms with van der Waals surface area (Å²) in [4.78, 5) is 16.0. The molecule has 0 spiro atoms. The predicted octanol–water partition coefficient (Wildman–Crippen LogP) is 2.05. The van der Waals surface area contributed by atoms with E-state index in [1.54, 1.807) is 18.3 Å². The lowest BCUT2D eigenvalue weighted by Gasteiger charge is -2.22. The van der Waals surface area contributed by atoms with Gasteiger partial charge in [0.15, 0.2) is 0 Å². The number of halogens is 1. The summed E-state index contributed by atoms with van der Waals surface area (Å²) in [6.45, 7) is 0. The lowest BCUT2D eigenvalue weighted by Crippen LogP contribution is -2.48. The maximum atomic E-state index is 12.0. The van der Waals surface area contributed by atoms with E-state index in [4.69, 9.17) is 5.73 Å². The SMILES string of the molecule is NC1(C(=O)Nc2cccnc2Br)CCCC1. The molecule has 0 aliphatic heterocycles. The molecule has 0 bridgehead atoms. The number of nitrogens with two attached hydrogens (primary N) is 1. The maximum absolute atomic E-state index is 12.0. The zero-order chi connectivity index (χ0) is 11.6. The van der Waals surface area contributed by atoms with Crippen molar-refractivity contribution >= 4 is 27.5 Å². The Kier molecular flexibility index (Phi) is 3.25. The molecule has 2 rings (SSSR count). The Bertz CT molecular complexity index is 402. The lowest BCUT2D eigenvalue weighted by atomic mass is 9.98. The summed E-state index contributed by atoms with van der Waals surface area (Å²) in [6.07, 6.45) is 5.23. The fourth-order valence-electron chi connectivity index (χ4n) is 1.96. The van der Waals surface area contributed by atoms with Gasteiger partial charge in [0.1, 0.15) is 4.60 Å². The zero-order valence-corrected chi connectivity index (χ0v) is 10.5. The van der Waals surface area contributed by atoms with E-state index in [-0.39, 0.29) is 5.91 Å². The fourth-order valence-corrected chi connectivity index (χ4v) is 2.31. The van der Waals surface area contributed by atoms with E-state index in [0.717, 1.165) is 25.7 Å². The Hall–Kier alpha value is -0.940. The third kappa shape index (κ3) is 2.25. The summed E-state index contributed by atoms with van der Waals surface area (Å²) in [7, 11) is 0. The fraction of sp³-hybridized carbons (Fsp3) is 0.455. The van der Waals surface area contributed by atoms with Crippen LogP contribution in [0.15, 0.2) is 22.9 Å². The molecule has 1 saturated carbocycles. The van der Waals surface area contributed by atoms with Crippen LogP contribution in [0.2, 0.25) is 0 Å². The van der Waals surface area contributed by atoms with E-state index in [1.807, 2.05) is 0 Å². The third-order valence-electron chi connectivity index (χ3n) is 2.96.